The molecule has 0 fully saturated rings. The third-order valence-corrected chi connectivity index (χ3v) is 6.53. The van der Waals surface area contributed by atoms with Gasteiger partial charge in [-0.1, -0.05) is 6.07 Å². The number of oxazole rings is 1. The van der Waals surface area contributed by atoms with E-state index in [0.717, 1.165) is 17.5 Å². The second-order valence-corrected chi connectivity index (χ2v) is 9.86. The number of alkyl halides is 3. The summed E-state index contributed by atoms with van der Waals surface area (Å²) >= 11 is 1.08. The van der Waals surface area contributed by atoms with Gasteiger partial charge in [-0.25, -0.2) is 14.4 Å². The molecule has 1 aromatic carbocycles. The van der Waals surface area contributed by atoms with E-state index in [0.29, 0.717) is 0 Å². The molecule has 0 bridgehead atoms. The Balaban J connectivity index is 1.74. The number of aromatic nitrogens is 2. The molecule has 4 N–H and O–H groups in total. The Bertz CT molecular complexity index is 1220. The van der Waals surface area contributed by atoms with Crippen LogP contribution in [0.1, 0.15) is 60.7 Å². The molecular weight excluding hydrogens is 544 g/mol. The number of rotatable bonds is 13. The van der Waals surface area contributed by atoms with Crippen molar-refractivity contribution in [1.82, 2.24) is 20.6 Å². The number of hydrogen-bond donors (Lipinski definition) is 4. The summed E-state index contributed by atoms with van der Waals surface area (Å²) in [6.07, 6.45) is -5.67. The first-order valence-corrected chi connectivity index (χ1v) is 13.0. The van der Waals surface area contributed by atoms with Crippen molar-refractivity contribution in [3.8, 4) is 11.5 Å². The Morgan fingerprint density at radius 3 is 2.54 bits per heavy atom. The average molecular weight is 573 g/mol. The number of benzene rings is 1. The molecule has 2 amide bonds. The molecule has 9 nitrogen and oxygen atoms in total. The van der Waals surface area contributed by atoms with Crippen LogP contribution in [-0.2, 0) is 4.79 Å². The highest BCUT2D eigenvalue weighted by Gasteiger charge is 2.32. The first-order chi connectivity index (χ1) is 18.4. The van der Waals surface area contributed by atoms with E-state index in [1.807, 2.05) is 0 Å². The van der Waals surface area contributed by atoms with Gasteiger partial charge in [0.25, 0.3) is 5.91 Å². The average Bonchev–Trinajstić information content (AvgIpc) is 3.57. The Morgan fingerprint density at radius 1 is 1.13 bits per heavy atom. The summed E-state index contributed by atoms with van der Waals surface area (Å²) in [5.41, 5.74) is 0.287. The Morgan fingerprint density at radius 2 is 1.90 bits per heavy atom. The lowest BCUT2D eigenvalue weighted by Crippen LogP contribution is -2.51. The topological polar surface area (TPSA) is 138 Å². The number of carbonyl (C=O) groups is 2. The number of nitrogens with one attached hydrogen (secondary N) is 2. The van der Waals surface area contributed by atoms with Crippen molar-refractivity contribution in [3.63, 3.8) is 0 Å². The summed E-state index contributed by atoms with van der Waals surface area (Å²) in [4.78, 5) is 34.0. The molecular formula is C25H28F4N4O5S. The second kappa shape index (κ2) is 13.6. The number of thiazole rings is 1. The Labute approximate surface area is 225 Å². The predicted molar refractivity (Wildman–Crippen MR) is 133 cm³/mol. The molecule has 2 unspecified atom stereocenters. The fourth-order valence-corrected chi connectivity index (χ4v) is 4.39. The van der Waals surface area contributed by atoms with Crippen molar-refractivity contribution in [2.45, 2.75) is 69.5 Å². The summed E-state index contributed by atoms with van der Waals surface area (Å²) in [7, 11) is 0. The van der Waals surface area contributed by atoms with Crippen molar-refractivity contribution in [2.75, 3.05) is 0 Å². The summed E-state index contributed by atoms with van der Waals surface area (Å²) in [6, 6.07) is 3.01. The number of aliphatic hydroxyl groups is 2. The van der Waals surface area contributed by atoms with Crippen molar-refractivity contribution in [1.29, 1.82) is 0 Å². The van der Waals surface area contributed by atoms with Gasteiger partial charge in [0.2, 0.25) is 17.6 Å². The van der Waals surface area contributed by atoms with E-state index in [-0.39, 0.29) is 47.9 Å². The molecule has 3 rings (SSSR count). The Kier molecular flexibility index (Phi) is 10.5. The minimum atomic E-state index is -4.41. The molecule has 0 aliphatic heterocycles. The summed E-state index contributed by atoms with van der Waals surface area (Å²) in [5, 5.41) is 27.2. The highest BCUT2D eigenvalue weighted by atomic mass is 32.1. The monoisotopic (exact) mass is 572 g/mol. The quantitative estimate of drug-likeness (QED) is 0.226. The van der Waals surface area contributed by atoms with Crippen LogP contribution in [0.4, 0.5) is 17.6 Å². The van der Waals surface area contributed by atoms with Gasteiger partial charge >= 0.3 is 6.18 Å². The molecule has 0 aliphatic rings. The van der Waals surface area contributed by atoms with Gasteiger partial charge in [-0.2, -0.15) is 13.2 Å². The van der Waals surface area contributed by atoms with Crippen LogP contribution in [0, 0.1) is 5.82 Å². The maximum absolute atomic E-state index is 13.5. The van der Waals surface area contributed by atoms with Crippen LogP contribution in [0.5, 0.6) is 0 Å². The minimum absolute atomic E-state index is 0.0251. The summed E-state index contributed by atoms with van der Waals surface area (Å²) in [6.45, 7) is 1.49. The Hall–Kier alpha value is -3.36. The third-order valence-electron chi connectivity index (χ3n) is 5.68. The van der Waals surface area contributed by atoms with Crippen molar-refractivity contribution < 1.29 is 41.8 Å². The van der Waals surface area contributed by atoms with E-state index in [9.17, 15) is 37.4 Å². The predicted octanol–water partition coefficient (Wildman–Crippen LogP) is 4.15. The van der Waals surface area contributed by atoms with E-state index in [1.54, 1.807) is 5.38 Å². The number of nitrogens with zero attached hydrogens (tertiary/aromatic N) is 2. The molecule has 2 aromatic heterocycles. The standard InChI is InChI=1S/C25H28F4N4O5S/c1-14(34)7-8-18(33-22(37)19-13-31-23(38-19)15-4-2-5-16(26)12-15)21(36)32-17(6-3-9-25(27,28)29)20(35)24-30-10-11-39-24/h2,4-5,10-14,17-18,20,34-35H,3,6-9H2,1H3,(H,32,36)(H,33,37)/t14?,17-,18-,20?/m0/s1. The second-order valence-electron chi connectivity index (χ2n) is 8.93. The van der Waals surface area contributed by atoms with Crippen molar-refractivity contribution in [2.24, 2.45) is 0 Å². The maximum atomic E-state index is 13.5. The highest BCUT2D eigenvalue weighted by molar-refractivity contribution is 7.09. The zero-order chi connectivity index (χ0) is 28.6. The molecule has 14 heteroatoms. The van der Waals surface area contributed by atoms with Crippen LogP contribution >= 0.6 is 11.3 Å². The fraction of sp³-hybridized carbons (Fsp3) is 0.440. The molecule has 0 aliphatic carbocycles. The SMILES string of the molecule is CC(O)CC[C@H](NC(=O)c1cnc(-c2cccc(F)c2)o1)C(=O)N[C@@H](CCCC(F)(F)F)C(O)c1nccs1. The van der Waals surface area contributed by atoms with Gasteiger partial charge in [-0.05, 0) is 50.8 Å². The third kappa shape index (κ3) is 9.41. The number of hydrogen-bond acceptors (Lipinski definition) is 8. The minimum Gasteiger partial charge on any atom is -0.431 e. The van der Waals surface area contributed by atoms with Gasteiger partial charge in [0.1, 0.15) is 23.0 Å². The number of halogens is 4. The smallest absolute Gasteiger partial charge is 0.389 e. The largest absolute Gasteiger partial charge is 0.431 e. The van der Waals surface area contributed by atoms with Crippen LogP contribution in [0.3, 0.4) is 0 Å². The van der Waals surface area contributed by atoms with E-state index in [2.05, 4.69) is 20.6 Å². The van der Waals surface area contributed by atoms with Gasteiger partial charge in [-0.3, -0.25) is 9.59 Å². The molecule has 0 spiro atoms. The van der Waals surface area contributed by atoms with Crippen molar-refractivity contribution in [3.05, 3.63) is 58.6 Å². The molecule has 0 saturated carbocycles. The number of carbonyl (C=O) groups excluding carboxylic acids is 2. The van der Waals surface area contributed by atoms with Crippen LogP contribution in [0.15, 0.2) is 46.5 Å². The first kappa shape index (κ1) is 30.2. The van der Waals surface area contributed by atoms with Crippen LogP contribution in [0.2, 0.25) is 0 Å². The van der Waals surface area contributed by atoms with E-state index >= 15 is 0 Å². The molecule has 4 atom stereocenters. The lowest BCUT2D eigenvalue weighted by atomic mass is 10.0. The summed E-state index contributed by atoms with van der Waals surface area (Å²) < 4.78 is 57.1. The van der Waals surface area contributed by atoms with Gasteiger partial charge in [0.05, 0.1) is 18.3 Å². The molecule has 2 heterocycles. The molecule has 0 saturated heterocycles. The zero-order valence-corrected chi connectivity index (χ0v) is 21.6. The fourth-order valence-electron chi connectivity index (χ4n) is 3.71. The first-order valence-electron chi connectivity index (χ1n) is 12.1. The van der Waals surface area contributed by atoms with Gasteiger partial charge in [-0.15, -0.1) is 11.3 Å². The zero-order valence-electron chi connectivity index (χ0n) is 20.8. The lowest BCUT2D eigenvalue weighted by Gasteiger charge is -2.26. The molecule has 3 aromatic rings. The maximum Gasteiger partial charge on any atom is 0.389 e. The van der Waals surface area contributed by atoms with E-state index < -0.39 is 54.5 Å². The summed E-state index contributed by atoms with van der Waals surface area (Å²) in [5.74, 6) is -2.43. The van der Waals surface area contributed by atoms with Gasteiger partial charge in [0.15, 0.2) is 0 Å². The number of aliphatic hydroxyl groups excluding tert-OH is 2. The number of amides is 2. The molecule has 212 valence electrons. The molecule has 0 radical (unpaired) electrons. The highest BCUT2D eigenvalue weighted by Crippen LogP contribution is 2.27. The van der Waals surface area contributed by atoms with Crippen molar-refractivity contribution >= 4 is 23.2 Å². The van der Waals surface area contributed by atoms with Crippen LogP contribution < -0.4 is 10.6 Å². The normalized spacial score (nSPS) is 14.8. The van der Waals surface area contributed by atoms with E-state index in [1.165, 1.54) is 37.4 Å². The van der Waals surface area contributed by atoms with Gasteiger partial charge in [0, 0.05) is 23.6 Å². The lowest BCUT2D eigenvalue weighted by molar-refractivity contribution is -0.136. The van der Waals surface area contributed by atoms with Crippen LogP contribution in [-0.4, -0.2) is 56.4 Å². The van der Waals surface area contributed by atoms with E-state index in [4.69, 9.17) is 4.42 Å². The van der Waals surface area contributed by atoms with Gasteiger partial charge < -0.3 is 25.3 Å². The van der Waals surface area contributed by atoms with Crippen LogP contribution in [0.25, 0.3) is 11.5 Å². The molecule has 39 heavy (non-hydrogen) atoms.